The third kappa shape index (κ3) is 2.93. The van der Waals surface area contributed by atoms with Crippen LogP contribution >= 0.6 is 0 Å². The van der Waals surface area contributed by atoms with Crippen molar-refractivity contribution in [1.29, 1.82) is 0 Å². The lowest BCUT2D eigenvalue weighted by Crippen LogP contribution is -2.48. The van der Waals surface area contributed by atoms with E-state index in [2.05, 4.69) is 20.5 Å². The summed E-state index contributed by atoms with van der Waals surface area (Å²) in [7, 11) is 0. The zero-order valence-electron chi connectivity index (χ0n) is 11.8. The molecule has 5 heteroatoms. The molecule has 2 fully saturated rings. The molecule has 2 N–H and O–H groups in total. The van der Waals surface area contributed by atoms with Gasteiger partial charge in [-0.1, -0.05) is 0 Å². The molecule has 1 aromatic heterocycles. The van der Waals surface area contributed by atoms with Crippen LogP contribution in [0.2, 0.25) is 0 Å². The first-order valence-electron chi connectivity index (χ1n) is 7.53. The van der Waals surface area contributed by atoms with Gasteiger partial charge in [0.25, 0.3) is 5.91 Å². The number of carbonyl (C=O) groups is 1. The number of hydrogen-bond acceptors (Lipinski definition) is 4. The number of amides is 1. The number of nitrogens with zero attached hydrogens (tertiary/aromatic N) is 2. The molecule has 1 amide bonds. The number of aromatic nitrogens is 1. The zero-order chi connectivity index (χ0) is 13.8. The predicted molar refractivity (Wildman–Crippen MR) is 79.0 cm³/mol. The average molecular weight is 274 g/mol. The Morgan fingerprint density at radius 3 is 2.85 bits per heavy atom. The number of rotatable bonds is 4. The molecule has 2 aliphatic rings. The van der Waals surface area contributed by atoms with Crippen molar-refractivity contribution in [2.75, 3.05) is 37.6 Å². The summed E-state index contributed by atoms with van der Waals surface area (Å²) >= 11 is 0. The molecule has 0 unspecified atom stereocenters. The van der Waals surface area contributed by atoms with Gasteiger partial charge in [-0.05, 0) is 31.4 Å². The number of pyridine rings is 1. The molecule has 3 rings (SSSR count). The van der Waals surface area contributed by atoms with Crippen LogP contribution in [0.15, 0.2) is 18.3 Å². The average Bonchev–Trinajstić information content (AvgIpc) is 2.46. The van der Waals surface area contributed by atoms with Gasteiger partial charge in [-0.2, -0.15) is 0 Å². The molecule has 0 saturated carbocycles. The fourth-order valence-electron chi connectivity index (χ4n) is 2.76. The van der Waals surface area contributed by atoms with E-state index in [0.717, 1.165) is 38.5 Å². The lowest BCUT2D eigenvalue weighted by molar-refractivity contribution is 0.0942. The summed E-state index contributed by atoms with van der Waals surface area (Å²) in [5.41, 5.74) is 0.710. The SMILES string of the molecule is O=C(NCC1CNC1)c1cccnc1N1CCCCC1. The molecule has 108 valence electrons. The molecule has 0 spiro atoms. The van der Waals surface area contributed by atoms with Crippen molar-refractivity contribution < 1.29 is 4.79 Å². The van der Waals surface area contributed by atoms with Crippen LogP contribution < -0.4 is 15.5 Å². The second-order valence-electron chi connectivity index (χ2n) is 5.66. The van der Waals surface area contributed by atoms with E-state index in [4.69, 9.17) is 0 Å². The van der Waals surface area contributed by atoms with Gasteiger partial charge in [0, 0.05) is 44.8 Å². The first-order chi connectivity index (χ1) is 9.84. The summed E-state index contributed by atoms with van der Waals surface area (Å²) in [4.78, 5) is 19.0. The topological polar surface area (TPSA) is 57.3 Å². The number of anilines is 1. The summed E-state index contributed by atoms with van der Waals surface area (Å²) in [6, 6.07) is 3.72. The van der Waals surface area contributed by atoms with E-state index in [1.807, 2.05) is 12.1 Å². The van der Waals surface area contributed by atoms with Crippen molar-refractivity contribution in [2.24, 2.45) is 5.92 Å². The Hall–Kier alpha value is -1.62. The molecule has 2 aliphatic heterocycles. The van der Waals surface area contributed by atoms with Crippen molar-refractivity contribution in [3.05, 3.63) is 23.9 Å². The highest BCUT2D eigenvalue weighted by atomic mass is 16.1. The number of hydrogen-bond donors (Lipinski definition) is 2. The zero-order valence-corrected chi connectivity index (χ0v) is 11.8. The first kappa shape index (κ1) is 13.4. The van der Waals surface area contributed by atoms with E-state index in [-0.39, 0.29) is 5.91 Å². The van der Waals surface area contributed by atoms with Crippen LogP contribution in [0.4, 0.5) is 5.82 Å². The summed E-state index contributed by atoms with van der Waals surface area (Å²) < 4.78 is 0. The van der Waals surface area contributed by atoms with Crippen LogP contribution in [0.3, 0.4) is 0 Å². The van der Waals surface area contributed by atoms with Gasteiger partial charge in [0.2, 0.25) is 0 Å². The van der Waals surface area contributed by atoms with Crippen LogP contribution in [0, 0.1) is 5.92 Å². The molecule has 3 heterocycles. The molecule has 0 bridgehead atoms. The highest BCUT2D eigenvalue weighted by molar-refractivity contribution is 5.98. The van der Waals surface area contributed by atoms with Crippen LogP contribution in [0.1, 0.15) is 29.6 Å². The van der Waals surface area contributed by atoms with Crippen molar-refractivity contribution in [2.45, 2.75) is 19.3 Å². The standard InChI is InChI=1S/C15H22N4O/c20-15(18-11-12-9-16-10-12)13-5-4-6-17-14(13)19-7-2-1-3-8-19/h4-6,12,16H,1-3,7-11H2,(H,18,20). The van der Waals surface area contributed by atoms with E-state index >= 15 is 0 Å². The van der Waals surface area contributed by atoms with Crippen LogP contribution in [0.25, 0.3) is 0 Å². The Kier molecular flexibility index (Phi) is 4.16. The molecule has 20 heavy (non-hydrogen) atoms. The second kappa shape index (κ2) is 6.22. The Balaban J connectivity index is 1.69. The predicted octanol–water partition coefficient (Wildman–Crippen LogP) is 1.02. The lowest BCUT2D eigenvalue weighted by atomic mass is 10.0. The molecular formula is C15H22N4O. The summed E-state index contributed by atoms with van der Waals surface area (Å²) in [6.07, 6.45) is 5.42. The molecular weight excluding hydrogens is 252 g/mol. The minimum atomic E-state index is 0.00516. The van der Waals surface area contributed by atoms with E-state index in [9.17, 15) is 4.79 Å². The fraction of sp³-hybridized carbons (Fsp3) is 0.600. The minimum absolute atomic E-state index is 0.00516. The molecule has 0 atom stereocenters. The Morgan fingerprint density at radius 1 is 1.35 bits per heavy atom. The maximum absolute atomic E-state index is 12.4. The van der Waals surface area contributed by atoms with E-state index < -0.39 is 0 Å². The largest absolute Gasteiger partial charge is 0.356 e. The Labute approximate surface area is 119 Å². The van der Waals surface area contributed by atoms with Crippen LogP contribution in [-0.4, -0.2) is 43.6 Å². The summed E-state index contributed by atoms with van der Waals surface area (Å²) in [5.74, 6) is 1.43. The molecule has 0 aromatic carbocycles. The first-order valence-corrected chi connectivity index (χ1v) is 7.53. The summed E-state index contributed by atoms with van der Waals surface area (Å²) in [5, 5.41) is 6.25. The van der Waals surface area contributed by atoms with Crippen LogP contribution in [-0.2, 0) is 0 Å². The van der Waals surface area contributed by atoms with Gasteiger partial charge in [0.1, 0.15) is 5.82 Å². The van der Waals surface area contributed by atoms with Gasteiger partial charge < -0.3 is 15.5 Å². The number of nitrogens with one attached hydrogen (secondary N) is 2. The Morgan fingerprint density at radius 2 is 2.15 bits per heavy atom. The highest BCUT2D eigenvalue weighted by Gasteiger charge is 2.21. The molecule has 0 aliphatic carbocycles. The van der Waals surface area contributed by atoms with Crippen molar-refractivity contribution in [3.63, 3.8) is 0 Å². The van der Waals surface area contributed by atoms with E-state index in [1.165, 1.54) is 19.3 Å². The maximum atomic E-state index is 12.4. The maximum Gasteiger partial charge on any atom is 0.255 e. The van der Waals surface area contributed by atoms with Gasteiger partial charge in [0.15, 0.2) is 0 Å². The molecule has 5 nitrogen and oxygen atoms in total. The number of piperidine rings is 1. The minimum Gasteiger partial charge on any atom is -0.356 e. The van der Waals surface area contributed by atoms with Gasteiger partial charge >= 0.3 is 0 Å². The Bertz CT molecular complexity index is 467. The smallest absolute Gasteiger partial charge is 0.255 e. The van der Waals surface area contributed by atoms with Crippen molar-refractivity contribution >= 4 is 11.7 Å². The highest BCUT2D eigenvalue weighted by Crippen LogP contribution is 2.21. The monoisotopic (exact) mass is 274 g/mol. The van der Waals surface area contributed by atoms with Gasteiger partial charge in [-0.3, -0.25) is 4.79 Å². The third-order valence-corrected chi connectivity index (χ3v) is 4.10. The van der Waals surface area contributed by atoms with Gasteiger partial charge in [0.05, 0.1) is 5.56 Å². The summed E-state index contributed by atoms with van der Waals surface area (Å²) in [6.45, 7) is 4.77. The van der Waals surface area contributed by atoms with Gasteiger partial charge in [-0.15, -0.1) is 0 Å². The fourth-order valence-corrected chi connectivity index (χ4v) is 2.76. The van der Waals surface area contributed by atoms with Crippen molar-refractivity contribution in [1.82, 2.24) is 15.6 Å². The lowest BCUT2D eigenvalue weighted by Gasteiger charge is -2.30. The molecule has 1 aromatic rings. The second-order valence-corrected chi connectivity index (χ2v) is 5.66. The van der Waals surface area contributed by atoms with E-state index in [1.54, 1.807) is 6.20 Å². The molecule has 0 radical (unpaired) electrons. The molecule has 2 saturated heterocycles. The quantitative estimate of drug-likeness (QED) is 0.861. The van der Waals surface area contributed by atoms with E-state index in [0.29, 0.717) is 11.5 Å². The normalized spacial score (nSPS) is 19.5. The number of carbonyl (C=O) groups excluding carboxylic acids is 1. The van der Waals surface area contributed by atoms with Crippen LogP contribution in [0.5, 0.6) is 0 Å². The van der Waals surface area contributed by atoms with Crippen molar-refractivity contribution in [3.8, 4) is 0 Å². The third-order valence-electron chi connectivity index (χ3n) is 4.10. The van der Waals surface area contributed by atoms with Gasteiger partial charge in [-0.25, -0.2) is 4.98 Å².